The minimum absolute atomic E-state index is 0.110. The summed E-state index contributed by atoms with van der Waals surface area (Å²) < 4.78 is 5.40. The van der Waals surface area contributed by atoms with E-state index in [0.717, 1.165) is 0 Å². The summed E-state index contributed by atoms with van der Waals surface area (Å²) in [5.74, 6) is 0.684. The quantitative estimate of drug-likeness (QED) is 0.822. The number of hydrogen-bond acceptors (Lipinski definition) is 2. The number of hydrogen-bond donors (Lipinski definition) is 2. The third-order valence-corrected chi connectivity index (χ3v) is 1.85. The van der Waals surface area contributed by atoms with Crippen molar-refractivity contribution in [1.82, 2.24) is 5.32 Å². The van der Waals surface area contributed by atoms with Crippen LogP contribution < -0.4 is 15.4 Å². The van der Waals surface area contributed by atoms with Gasteiger partial charge in [-0.1, -0.05) is 12.1 Å². The van der Waals surface area contributed by atoms with Gasteiger partial charge in [0.05, 0.1) is 12.3 Å². The van der Waals surface area contributed by atoms with Gasteiger partial charge in [-0.2, -0.15) is 0 Å². The maximum Gasteiger partial charge on any atom is 0.319 e. The number of amides is 2. The van der Waals surface area contributed by atoms with Crippen molar-refractivity contribution < 1.29 is 9.53 Å². The molecule has 0 atom stereocenters. The van der Waals surface area contributed by atoms with Crippen LogP contribution in [-0.4, -0.2) is 18.7 Å². The minimum atomic E-state index is -0.220. The topological polar surface area (TPSA) is 50.4 Å². The van der Waals surface area contributed by atoms with E-state index in [1.54, 1.807) is 0 Å². The highest BCUT2D eigenvalue weighted by Crippen LogP contribution is 2.23. The van der Waals surface area contributed by atoms with Gasteiger partial charge < -0.3 is 15.4 Å². The molecular weight excluding hydrogens is 204 g/mol. The van der Waals surface area contributed by atoms with Crippen LogP contribution in [0.4, 0.5) is 10.5 Å². The first-order chi connectivity index (χ1) is 7.63. The third-order valence-electron chi connectivity index (χ3n) is 1.85. The molecule has 0 radical (unpaired) electrons. The summed E-state index contributed by atoms with van der Waals surface area (Å²) in [6, 6.07) is 7.25. The van der Waals surface area contributed by atoms with E-state index in [1.807, 2.05) is 45.0 Å². The van der Waals surface area contributed by atoms with Crippen molar-refractivity contribution in [3.05, 3.63) is 24.3 Å². The molecule has 1 rings (SSSR count). The van der Waals surface area contributed by atoms with Crippen LogP contribution in [0.2, 0.25) is 0 Å². The molecule has 0 aliphatic rings. The number of carbonyl (C=O) groups is 1. The van der Waals surface area contributed by atoms with Gasteiger partial charge in [0.25, 0.3) is 0 Å². The standard InChI is InChI=1S/C12H18N2O2/c1-4-16-11-8-6-5-7-10(11)14-12(15)13-9(2)3/h5-9H,4H2,1-3H3,(H2,13,14,15). The normalized spacial score (nSPS) is 10.0. The molecule has 0 spiro atoms. The molecule has 0 saturated carbocycles. The summed E-state index contributed by atoms with van der Waals surface area (Å²) in [4.78, 5) is 11.5. The average molecular weight is 222 g/mol. The fraction of sp³-hybridized carbons (Fsp3) is 0.417. The zero-order chi connectivity index (χ0) is 12.0. The Morgan fingerprint density at radius 3 is 2.69 bits per heavy atom. The van der Waals surface area contributed by atoms with Crippen LogP contribution in [0.3, 0.4) is 0 Å². The van der Waals surface area contributed by atoms with E-state index in [2.05, 4.69) is 10.6 Å². The van der Waals surface area contributed by atoms with Gasteiger partial charge in [0.2, 0.25) is 0 Å². The molecule has 0 aromatic heterocycles. The van der Waals surface area contributed by atoms with Crippen molar-refractivity contribution in [2.75, 3.05) is 11.9 Å². The van der Waals surface area contributed by atoms with Crippen LogP contribution in [0.5, 0.6) is 5.75 Å². The summed E-state index contributed by atoms with van der Waals surface area (Å²) in [5, 5.41) is 5.51. The molecule has 2 amide bonds. The maximum atomic E-state index is 11.5. The summed E-state index contributed by atoms with van der Waals surface area (Å²) in [6.07, 6.45) is 0. The molecule has 1 aromatic carbocycles. The Labute approximate surface area is 96.0 Å². The van der Waals surface area contributed by atoms with E-state index in [9.17, 15) is 4.79 Å². The Bertz CT molecular complexity index is 351. The fourth-order valence-electron chi connectivity index (χ4n) is 1.27. The Balaban J connectivity index is 2.68. The van der Waals surface area contributed by atoms with E-state index in [-0.39, 0.29) is 12.1 Å². The van der Waals surface area contributed by atoms with Crippen LogP contribution in [-0.2, 0) is 0 Å². The number of rotatable bonds is 4. The Hall–Kier alpha value is -1.71. The Kier molecular flexibility index (Phi) is 4.64. The van der Waals surface area contributed by atoms with Crippen molar-refractivity contribution in [2.45, 2.75) is 26.8 Å². The van der Waals surface area contributed by atoms with E-state index in [4.69, 9.17) is 4.74 Å². The summed E-state index contributed by atoms with van der Waals surface area (Å²) in [5.41, 5.74) is 0.683. The number of carbonyl (C=O) groups excluding carboxylic acids is 1. The molecule has 0 bridgehead atoms. The zero-order valence-corrected chi connectivity index (χ0v) is 9.91. The number of nitrogens with one attached hydrogen (secondary N) is 2. The number of anilines is 1. The second-order valence-electron chi connectivity index (χ2n) is 3.68. The number of benzene rings is 1. The molecule has 0 saturated heterocycles. The summed E-state index contributed by atoms with van der Waals surface area (Å²) in [7, 11) is 0. The minimum Gasteiger partial charge on any atom is -0.492 e. The van der Waals surface area contributed by atoms with E-state index in [1.165, 1.54) is 0 Å². The molecule has 0 fully saturated rings. The van der Waals surface area contributed by atoms with Crippen LogP contribution >= 0.6 is 0 Å². The highest BCUT2D eigenvalue weighted by molar-refractivity contribution is 5.91. The van der Waals surface area contributed by atoms with Crippen molar-refractivity contribution in [3.63, 3.8) is 0 Å². The molecule has 2 N–H and O–H groups in total. The van der Waals surface area contributed by atoms with Gasteiger partial charge >= 0.3 is 6.03 Å². The molecule has 4 nitrogen and oxygen atoms in total. The van der Waals surface area contributed by atoms with Crippen LogP contribution in [0.1, 0.15) is 20.8 Å². The van der Waals surface area contributed by atoms with Crippen LogP contribution in [0.15, 0.2) is 24.3 Å². The smallest absolute Gasteiger partial charge is 0.319 e. The highest BCUT2D eigenvalue weighted by atomic mass is 16.5. The first-order valence-electron chi connectivity index (χ1n) is 5.42. The van der Waals surface area contributed by atoms with Gasteiger partial charge in [-0.15, -0.1) is 0 Å². The average Bonchev–Trinajstić information content (AvgIpc) is 2.20. The monoisotopic (exact) mass is 222 g/mol. The van der Waals surface area contributed by atoms with Crippen molar-refractivity contribution in [2.24, 2.45) is 0 Å². The van der Waals surface area contributed by atoms with Crippen molar-refractivity contribution in [3.8, 4) is 5.75 Å². The Morgan fingerprint density at radius 2 is 2.06 bits per heavy atom. The lowest BCUT2D eigenvalue weighted by Gasteiger charge is -2.13. The van der Waals surface area contributed by atoms with Crippen LogP contribution in [0.25, 0.3) is 0 Å². The molecule has 0 unspecified atom stereocenters. The predicted octanol–water partition coefficient (Wildman–Crippen LogP) is 2.62. The Morgan fingerprint density at radius 1 is 1.38 bits per heavy atom. The predicted molar refractivity (Wildman–Crippen MR) is 64.9 cm³/mol. The summed E-state index contributed by atoms with van der Waals surface area (Å²) in [6.45, 7) is 6.30. The zero-order valence-electron chi connectivity index (χ0n) is 9.91. The number of urea groups is 1. The third kappa shape index (κ3) is 3.81. The molecule has 1 aromatic rings. The molecule has 0 heterocycles. The molecule has 16 heavy (non-hydrogen) atoms. The van der Waals surface area contributed by atoms with Crippen LogP contribution in [0, 0.1) is 0 Å². The van der Waals surface area contributed by atoms with Gasteiger partial charge in [0.1, 0.15) is 5.75 Å². The van der Waals surface area contributed by atoms with E-state index in [0.29, 0.717) is 18.0 Å². The fourth-order valence-corrected chi connectivity index (χ4v) is 1.27. The van der Waals surface area contributed by atoms with Gasteiger partial charge in [0.15, 0.2) is 0 Å². The first-order valence-corrected chi connectivity index (χ1v) is 5.42. The number of para-hydroxylation sites is 2. The van der Waals surface area contributed by atoms with Gasteiger partial charge in [-0.3, -0.25) is 0 Å². The van der Waals surface area contributed by atoms with E-state index < -0.39 is 0 Å². The van der Waals surface area contributed by atoms with Gasteiger partial charge in [0, 0.05) is 6.04 Å². The van der Waals surface area contributed by atoms with Crippen molar-refractivity contribution in [1.29, 1.82) is 0 Å². The molecule has 4 heteroatoms. The second-order valence-corrected chi connectivity index (χ2v) is 3.68. The lowest BCUT2D eigenvalue weighted by molar-refractivity contribution is 0.249. The first kappa shape index (κ1) is 12.4. The van der Waals surface area contributed by atoms with Gasteiger partial charge in [-0.25, -0.2) is 4.79 Å². The number of ether oxygens (including phenoxy) is 1. The van der Waals surface area contributed by atoms with Gasteiger partial charge in [-0.05, 0) is 32.9 Å². The molecule has 88 valence electrons. The maximum absolute atomic E-state index is 11.5. The highest BCUT2D eigenvalue weighted by Gasteiger charge is 2.07. The largest absolute Gasteiger partial charge is 0.492 e. The lowest BCUT2D eigenvalue weighted by atomic mass is 10.3. The molecule has 0 aliphatic carbocycles. The van der Waals surface area contributed by atoms with E-state index >= 15 is 0 Å². The lowest BCUT2D eigenvalue weighted by Crippen LogP contribution is -2.34. The molecule has 0 aliphatic heterocycles. The molecular formula is C12H18N2O2. The SMILES string of the molecule is CCOc1ccccc1NC(=O)NC(C)C. The van der Waals surface area contributed by atoms with Crippen molar-refractivity contribution >= 4 is 11.7 Å². The summed E-state index contributed by atoms with van der Waals surface area (Å²) >= 11 is 0. The second kappa shape index (κ2) is 6.00.